The van der Waals surface area contributed by atoms with Crippen LogP contribution in [0.15, 0.2) is 12.3 Å². The molecule has 0 unspecified atom stereocenters. The van der Waals surface area contributed by atoms with Gasteiger partial charge in [0.1, 0.15) is 5.78 Å². The number of anilines is 1. The van der Waals surface area contributed by atoms with Crippen molar-refractivity contribution in [2.45, 2.75) is 52.2 Å². The van der Waals surface area contributed by atoms with E-state index in [0.29, 0.717) is 11.4 Å². The Morgan fingerprint density at radius 1 is 1.30 bits per heavy atom. The van der Waals surface area contributed by atoms with Gasteiger partial charge in [-0.05, 0) is 40.7 Å². The van der Waals surface area contributed by atoms with Crippen LogP contribution in [-0.2, 0) is 20.5 Å². The van der Waals surface area contributed by atoms with Gasteiger partial charge in [0.05, 0.1) is 11.2 Å². The topological polar surface area (TPSA) is 74.4 Å². The number of nitrogens with zero attached hydrogens (tertiary/aromatic N) is 1. The van der Waals surface area contributed by atoms with Crippen LogP contribution < -0.4 is 11.2 Å². The Labute approximate surface area is 120 Å². The third-order valence-electron chi connectivity index (χ3n) is 3.96. The van der Waals surface area contributed by atoms with Crippen molar-refractivity contribution >= 4 is 24.1 Å². The lowest BCUT2D eigenvalue weighted by Gasteiger charge is -2.32. The number of carbonyl (C=O) groups excluding carboxylic acids is 1. The molecule has 6 heteroatoms. The van der Waals surface area contributed by atoms with Crippen LogP contribution in [0.3, 0.4) is 0 Å². The van der Waals surface area contributed by atoms with Crippen LogP contribution >= 0.6 is 0 Å². The van der Waals surface area contributed by atoms with E-state index >= 15 is 0 Å². The molecule has 1 saturated heterocycles. The molecule has 20 heavy (non-hydrogen) atoms. The van der Waals surface area contributed by atoms with Gasteiger partial charge >= 0.3 is 7.12 Å². The highest BCUT2D eigenvalue weighted by molar-refractivity contribution is 6.63. The van der Waals surface area contributed by atoms with Gasteiger partial charge in [-0.3, -0.25) is 9.78 Å². The van der Waals surface area contributed by atoms with E-state index in [0.717, 1.165) is 5.46 Å². The minimum Gasteiger partial charge on any atom is -0.399 e. The zero-order valence-corrected chi connectivity index (χ0v) is 12.7. The SMILES string of the molecule is CC(=O)Cc1cc(B2OC(C)(C)C(C)(C)O2)c(N)cn1. The van der Waals surface area contributed by atoms with Crippen molar-refractivity contribution in [3.63, 3.8) is 0 Å². The van der Waals surface area contributed by atoms with Crippen molar-refractivity contribution in [1.29, 1.82) is 0 Å². The minimum absolute atomic E-state index is 0.0575. The second-order valence-electron chi connectivity index (χ2n) is 6.27. The molecule has 0 amide bonds. The maximum Gasteiger partial charge on any atom is 0.497 e. The van der Waals surface area contributed by atoms with E-state index in [9.17, 15) is 4.79 Å². The highest BCUT2D eigenvalue weighted by atomic mass is 16.7. The summed E-state index contributed by atoms with van der Waals surface area (Å²) in [6.45, 7) is 9.48. The molecule has 1 aliphatic rings. The number of Topliss-reactive ketones (excluding diaryl/α,β-unsaturated/α-hetero) is 1. The van der Waals surface area contributed by atoms with Crippen molar-refractivity contribution in [2.24, 2.45) is 0 Å². The van der Waals surface area contributed by atoms with E-state index in [1.54, 1.807) is 12.3 Å². The fourth-order valence-corrected chi connectivity index (χ4v) is 2.05. The zero-order chi connectivity index (χ0) is 15.1. The Balaban J connectivity index is 2.32. The van der Waals surface area contributed by atoms with Crippen molar-refractivity contribution < 1.29 is 14.1 Å². The van der Waals surface area contributed by atoms with Crippen molar-refractivity contribution in [3.8, 4) is 0 Å². The average molecular weight is 276 g/mol. The molecule has 2 rings (SSSR count). The summed E-state index contributed by atoms with van der Waals surface area (Å²) in [6, 6.07) is 1.79. The summed E-state index contributed by atoms with van der Waals surface area (Å²) in [5.41, 5.74) is 7.04. The number of nitrogens with two attached hydrogens (primary N) is 1. The molecule has 0 aromatic carbocycles. The van der Waals surface area contributed by atoms with Gasteiger partial charge in [-0.15, -0.1) is 0 Å². The number of aromatic nitrogens is 1. The molecule has 1 aromatic rings. The van der Waals surface area contributed by atoms with Crippen molar-refractivity contribution in [1.82, 2.24) is 4.98 Å². The number of nitrogen functional groups attached to an aromatic ring is 1. The monoisotopic (exact) mass is 276 g/mol. The molecule has 0 spiro atoms. The second kappa shape index (κ2) is 4.86. The lowest BCUT2D eigenvalue weighted by molar-refractivity contribution is -0.116. The summed E-state index contributed by atoms with van der Waals surface area (Å²) >= 11 is 0. The number of carbonyl (C=O) groups is 1. The van der Waals surface area contributed by atoms with Gasteiger partial charge in [0.15, 0.2) is 0 Å². The fourth-order valence-electron chi connectivity index (χ4n) is 2.05. The Kier molecular flexibility index (Phi) is 3.65. The standard InChI is InChI=1S/C14H21BN2O3/c1-9(18)6-10-7-11(12(16)8-17-10)15-19-13(2,3)14(4,5)20-15/h7-8H,6,16H2,1-5H3. The number of pyridine rings is 1. The molecule has 2 heterocycles. The quantitative estimate of drug-likeness (QED) is 0.836. The summed E-state index contributed by atoms with van der Waals surface area (Å²) in [5, 5.41) is 0. The maximum absolute atomic E-state index is 11.2. The molecule has 1 fully saturated rings. The summed E-state index contributed by atoms with van der Waals surface area (Å²) in [6.07, 6.45) is 1.84. The smallest absolute Gasteiger partial charge is 0.399 e. The van der Waals surface area contributed by atoms with Crippen LogP contribution in [0.25, 0.3) is 0 Å². The summed E-state index contributed by atoms with van der Waals surface area (Å²) in [4.78, 5) is 15.4. The zero-order valence-electron chi connectivity index (χ0n) is 12.7. The molecule has 0 aliphatic carbocycles. The van der Waals surface area contributed by atoms with Crippen molar-refractivity contribution in [2.75, 3.05) is 5.73 Å². The van der Waals surface area contributed by atoms with Crippen LogP contribution in [-0.4, -0.2) is 29.1 Å². The summed E-state index contributed by atoms with van der Waals surface area (Å²) < 4.78 is 12.0. The molecule has 108 valence electrons. The summed E-state index contributed by atoms with van der Waals surface area (Å²) in [5.74, 6) is 0.0575. The van der Waals surface area contributed by atoms with E-state index in [4.69, 9.17) is 15.0 Å². The molecule has 0 bridgehead atoms. The number of ketones is 1. The largest absolute Gasteiger partial charge is 0.497 e. The minimum atomic E-state index is -0.534. The first kappa shape index (κ1) is 15.0. The van der Waals surface area contributed by atoms with Crippen LogP contribution in [0.1, 0.15) is 40.3 Å². The van der Waals surface area contributed by atoms with Gasteiger partial charge in [-0.25, -0.2) is 0 Å². The molecule has 2 N–H and O–H groups in total. The lowest BCUT2D eigenvalue weighted by atomic mass is 9.78. The normalized spacial score (nSPS) is 20.1. The molecule has 5 nitrogen and oxygen atoms in total. The molecule has 1 aliphatic heterocycles. The first-order chi connectivity index (χ1) is 9.12. The van der Waals surface area contributed by atoms with Gasteiger partial charge in [0.25, 0.3) is 0 Å². The summed E-state index contributed by atoms with van der Waals surface area (Å²) in [7, 11) is -0.534. The first-order valence-corrected chi connectivity index (χ1v) is 6.72. The van der Waals surface area contributed by atoms with E-state index in [1.165, 1.54) is 6.92 Å². The van der Waals surface area contributed by atoms with E-state index < -0.39 is 18.3 Å². The van der Waals surface area contributed by atoms with Crippen LogP contribution in [0.4, 0.5) is 5.69 Å². The van der Waals surface area contributed by atoms with Crippen LogP contribution in [0, 0.1) is 0 Å². The van der Waals surface area contributed by atoms with E-state index in [1.807, 2.05) is 27.7 Å². The lowest BCUT2D eigenvalue weighted by Crippen LogP contribution is -2.41. The Hall–Kier alpha value is -1.40. The average Bonchev–Trinajstić information content (AvgIpc) is 2.50. The highest BCUT2D eigenvalue weighted by Gasteiger charge is 2.52. The number of hydrogen-bond acceptors (Lipinski definition) is 5. The number of hydrogen-bond donors (Lipinski definition) is 1. The van der Waals surface area contributed by atoms with Gasteiger partial charge < -0.3 is 15.0 Å². The van der Waals surface area contributed by atoms with E-state index in [-0.39, 0.29) is 12.2 Å². The maximum atomic E-state index is 11.2. The molecule has 0 radical (unpaired) electrons. The molecule has 1 aromatic heterocycles. The first-order valence-electron chi connectivity index (χ1n) is 6.72. The van der Waals surface area contributed by atoms with Gasteiger partial charge in [0, 0.05) is 29.5 Å². The molecular formula is C14H21BN2O3. The third kappa shape index (κ3) is 2.71. The Morgan fingerprint density at radius 3 is 2.35 bits per heavy atom. The number of rotatable bonds is 3. The van der Waals surface area contributed by atoms with Gasteiger partial charge in [0.2, 0.25) is 0 Å². The second-order valence-corrected chi connectivity index (χ2v) is 6.27. The van der Waals surface area contributed by atoms with Crippen LogP contribution in [0.2, 0.25) is 0 Å². The van der Waals surface area contributed by atoms with Gasteiger partial charge in [-0.1, -0.05) is 0 Å². The third-order valence-corrected chi connectivity index (χ3v) is 3.96. The van der Waals surface area contributed by atoms with Crippen LogP contribution in [0.5, 0.6) is 0 Å². The molecule has 0 atom stereocenters. The molecular weight excluding hydrogens is 255 g/mol. The predicted octanol–water partition coefficient (Wildman–Crippen LogP) is 1.09. The molecule has 0 saturated carbocycles. The fraction of sp³-hybridized carbons (Fsp3) is 0.571. The predicted molar refractivity (Wildman–Crippen MR) is 78.8 cm³/mol. The van der Waals surface area contributed by atoms with E-state index in [2.05, 4.69) is 4.98 Å². The Bertz CT molecular complexity index is 527. The van der Waals surface area contributed by atoms with Crippen molar-refractivity contribution in [3.05, 3.63) is 18.0 Å². The van der Waals surface area contributed by atoms with Gasteiger partial charge in [-0.2, -0.15) is 0 Å². The highest BCUT2D eigenvalue weighted by Crippen LogP contribution is 2.36. The Morgan fingerprint density at radius 2 is 1.85 bits per heavy atom.